The molecule has 2 nitrogen and oxygen atoms in total. The van der Waals surface area contributed by atoms with Crippen LogP contribution in [0.1, 0.15) is 25.3 Å². The first kappa shape index (κ1) is 10.1. The van der Waals surface area contributed by atoms with Gasteiger partial charge in [0.05, 0.1) is 0 Å². The maximum Gasteiger partial charge on any atom is 0.0410 e. The van der Waals surface area contributed by atoms with Crippen LogP contribution < -0.4 is 5.32 Å². The fourth-order valence-electron chi connectivity index (χ4n) is 1.45. The normalized spacial score (nSPS) is 18.1. The summed E-state index contributed by atoms with van der Waals surface area (Å²) in [5, 5.41) is 3.47. The Morgan fingerprint density at radius 2 is 2.29 bits per heavy atom. The quantitative estimate of drug-likeness (QED) is 0.894. The molecule has 1 heterocycles. The van der Waals surface area contributed by atoms with Gasteiger partial charge in [0.25, 0.3) is 0 Å². The molecule has 1 aliphatic carbocycles. The minimum Gasteiger partial charge on any atom is -0.312 e. The van der Waals surface area contributed by atoms with Crippen LogP contribution in [0.2, 0.25) is 0 Å². The van der Waals surface area contributed by atoms with Gasteiger partial charge in [-0.3, -0.25) is 4.98 Å². The average molecular weight is 255 g/mol. The Bertz CT molecular complexity index is 321. The third-order valence-electron chi connectivity index (χ3n) is 2.75. The zero-order valence-electron chi connectivity index (χ0n) is 8.39. The molecular weight excluding hydrogens is 240 g/mol. The number of halogens is 1. The van der Waals surface area contributed by atoms with Gasteiger partial charge >= 0.3 is 0 Å². The highest BCUT2D eigenvalue weighted by Crippen LogP contribution is 2.44. The van der Waals surface area contributed by atoms with E-state index in [0.29, 0.717) is 5.41 Å². The highest BCUT2D eigenvalue weighted by molar-refractivity contribution is 9.10. The molecule has 3 heteroatoms. The second-order valence-electron chi connectivity index (χ2n) is 4.43. The molecule has 2 rings (SSSR count). The van der Waals surface area contributed by atoms with E-state index in [1.54, 1.807) is 0 Å². The zero-order chi connectivity index (χ0) is 10.0. The minimum atomic E-state index is 0.583. The highest BCUT2D eigenvalue weighted by atomic mass is 79.9. The van der Waals surface area contributed by atoms with E-state index in [4.69, 9.17) is 0 Å². The lowest BCUT2D eigenvalue weighted by Gasteiger charge is -2.09. The Morgan fingerprint density at radius 3 is 2.93 bits per heavy atom. The molecule has 0 saturated heterocycles. The maximum atomic E-state index is 4.13. The van der Waals surface area contributed by atoms with Gasteiger partial charge in [0.1, 0.15) is 0 Å². The summed E-state index contributed by atoms with van der Waals surface area (Å²) in [6.07, 6.45) is 6.46. The van der Waals surface area contributed by atoms with Gasteiger partial charge in [-0.05, 0) is 45.8 Å². The van der Waals surface area contributed by atoms with Gasteiger partial charge in [-0.1, -0.05) is 6.92 Å². The Labute approximate surface area is 93.3 Å². The third-order valence-corrected chi connectivity index (χ3v) is 3.18. The molecule has 1 saturated carbocycles. The first-order valence-electron chi connectivity index (χ1n) is 4.98. The standard InChI is InChI=1S/C11H15BrN2/c1-11(2-3-11)8-14-6-9-4-10(12)7-13-5-9/h4-5,7,14H,2-3,6,8H2,1H3. The van der Waals surface area contributed by atoms with E-state index in [2.05, 4.69) is 39.2 Å². The maximum absolute atomic E-state index is 4.13. The van der Waals surface area contributed by atoms with Crippen LogP contribution in [0.5, 0.6) is 0 Å². The molecule has 1 aliphatic rings. The van der Waals surface area contributed by atoms with Crippen molar-refractivity contribution in [2.45, 2.75) is 26.3 Å². The number of nitrogens with one attached hydrogen (secondary N) is 1. The molecular formula is C11H15BrN2. The van der Waals surface area contributed by atoms with Crippen LogP contribution in [0.4, 0.5) is 0 Å². The van der Waals surface area contributed by atoms with Crippen molar-refractivity contribution in [3.63, 3.8) is 0 Å². The van der Waals surface area contributed by atoms with Crippen LogP contribution in [-0.4, -0.2) is 11.5 Å². The van der Waals surface area contributed by atoms with Crippen LogP contribution in [0.25, 0.3) is 0 Å². The second-order valence-corrected chi connectivity index (χ2v) is 5.34. The van der Waals surface area contributed by atoms with Gasteiger partial charge in [-0.15, -0.1) is 0 Å². The lowest BCUT2D eigenvalue weighted by atomic mass is 10.1. The van der Waals surface area contributed by atoms with Crippen molar-refractivity contribution in [1.29, 1.82) is 0 Å². The van der Waals surface area contributed by atoms with Crippen molar-refractivity contribution >= 4 is 15.9 Å². The van der Waals surface area contributed by atoms with E-state index in [9.17, 15) is 0 Å². The molecule has 0 unspecified atom stereocenters. The number of hydrogen-bond donors (Lipinski definition) is 1. The van der Waals surface area contributed by atoms with E-state index in [1.807, 2.05) is 12.4 Å². The molecule has 0 atom stereocenters. The Kier molecular flexibility index (Phi) is 2.88. The fraction of sp³-hybridized carbons (Fsp3) is 0.545. The van der Waals surface area contributed by atoms with Gasteiger partial charge < -0.3 is 5.32 Å². The summed E-state index contributed by atoms with van der Waals surface area (Å²) in [5.41, 5.74) is 1.82. The lowest BCUT2D eigenvalue weighted by Crippen LogP contribution is -2.21. The Morgan fingerprint density at radius 1 is 1.50 bits per heavy atom. The molecule has 0 aliphatic heterocycles. The van der Waals surface area contributed by atoms with E-state index >= 15 is 0 Å². The average Bonchev–Trinajstić information content (AvgIpc) is 2.84. The third kappa shape index (κ3) is 2.79. The van der Waals surface area contributed by atoms with E-state index < -0.39 is 0 Å². The molecule has 0 bridgehead atoms. The van der Waals surface area contributed by atoms with Gasteiger partial charge in [-0.2, -0.15) is 0 Å². The summed E-state index contributed by atoms with van der Waals surface area (Å²) in [4.78, 5) is 4.13. The van der Waals surface area contributed by atoms with Crippen molar-refractivity contribution < 1.29 is 0 Å². The van der Waals surface area contributed by atoms with Gasteiger partial charge in [0.15, 0.2) is 0 Å². The van der Waals surface area contributed by atoms with Gasteiger partial charge in [0.2, 0.25) is 0 Å². The molecule has 0 radical (unpaired) electrons. The Balaban J connectivity index is 1.80. The number of hydrogen-bond acceptors (Lipinski definition) is 2. The summed E-state index contributed by atoms with van der Waals surface area (Å²) in [7, 11) is 0. The Hall–Kier alpha value is -0.410. The summed E-state index contributed by atoms with van der Waals surface area (Å²) >= 11 is 3.42. The predicted molar refractivity (Wildman–Crippen MR) is 61.0 cm³/mol. The number of aromatic nitrogens is 1. The molecule has 76 valence electrons. The number of rotatable bonds is 4. The molecule has 0 amide bonds. The first-order chi connectivity index (χ1) is 6.68. The lowest BCUT2D eigenvalue weighted by molar-refractivity contribution is 0.499. The molecule has 1 N–H and O–H groups in total. The van der Waals surface area contributed by atoms with Crippen LogP contribution in [0, 0.1) is 5.41 Å². The van der Waals surface area contributed by atoms with Crippen molar-refractivity contribution in [1.82, 2.24) is 10.3 Å². The van der Waals surface area contributed by atoms with Crippen molar-refractivity contribution in [2.24, 2.45) is 5.41 Å². The first-order valence-corrected chi connectivity index (χ1v) is 5.77. The van der Waals surface area contributed by atoms with Crippen molar-refractivity contribution in [2.75, 3.05) is 6.54 Å². The monoisotopic (exact) mass is 254 g/mol. The van der Waals surface area contributed by atoms with Crippen molar-refractivity contribution in [3.05, 3.63) is 28.5 Å². The molecule has 0 aromatic carbocycles. The highest BCUT2D eigenvalue weighted by Gasteiger charge is 2.36. The summed E-state index contributed by atoms with van der Waals surface area (Å²) in [6.45, 7) is 4.38. The van der Waals surface area contributed by atoms with Crippen LogP contribution in [0.15, 0.2) is 22.9 Å². The molecule has 14 heavy (non-hydrogen) atoms. The molecule has 1 aromatic heterocycles. The van der Waals surface area contributed by atoms with Crippen LogP contribution in [0.3, 0.4) is 0 Å². The van der Waals surface area contributed by atoms with Crippen LogP contribution >= 0.6 is 15.9 Å². The van der Waals surface area contributed by atoms with Crippen LogP contribution in [-0.2, 0) is 6.54 Å². The predicted octanol–water partition coefficient (Wildman–Crippen LogP) is 2.73. The van der Waals surface area contributed by atoms with E-state index in [0.717, 1.165) is 17.6 Å². The SMILES string of the molecule is CC1(CNCc2cncc(Br)c2)CC1. The van der Waals surface area contributed by atoms with E-state index in [1.165, 1.54) is 18.4 Å². The molecule has 1 aromatic rings. The number of nitrogens with zero attached hydrogens (tertiary/aromatic N) is 1. The topological polar surface area (TPSA) is 24.9 Å². The molecule has 1 fully saturated rings. The van der Waals surface area contributed by atoms with Crippen molar-refractivity contribution in [3.8, 4) is 0 Å². The summed E-state index contributed by atoms with van der Waals surface area (Å²) in [5.74, 6) is 0. The molecule has 0 spiro atoms. The zero-order valence-corrected chi connectivity index (χ0v) is 9.97. The van der Waals surface area contributed by atoms with Gasteiger partial charge in [0, 0.05) is 30.0 Å². The minimum absolute atomic E-state index is 0.583. The smallest absolute Gasteiger partial charge is 0.0410 e. The number of pyridine rings is 1. The van der Waals surface area contributed by atoms with E-state index in [-0.39, 0.29) is 0 Å². The summed E-state index contributed by atoms with van der Waals surface area (Å²) < 4.78 is 1.05. The summed E-state index contributed by atoms with van der Waals surface area (Å²) in [6, 6.07) is 2.11. The second kappa shape index (κ2) is 3.99. The van der Waals surface area contributed by atoms with Gasteiger partial charge in [-0.25, -0.2) is 0 Å². The largest absolute Gasteiger partial charge is 0.312 e. The fourth-order valence-corrected chi connectivity index (χ4v) is 1.86.